The molecule has 0 radical (unpaired) electrons. The molecule has 3 amide bonds. The summed E-state index contributed by atoms with van der Waals surface area (Å²) in [5.41, 5.74) is -2.07. The lowest BCUT2D eigenvalue weighted by Gasteiger charge is -2.44. The molecule has 2 fully saturated rings. The van der Waals surface area contributed by atoms with E-state index in [1.54, 1.807) is 9.80 Å². The van der Waals surface area contributed by atoms with E-state index in [0.29, 0.717) is 32.5 Å². The summed E-state index contributed by atoms with van der Waals surface area (Å²) >= 11 is 0. The number of para-hydroxylation sites is 1. The van der Waals surface area contributed by atoms with E-state index in [0.717, 1.165) is 12.1 Å². The van der Waals surface area contributed by atoms with Crippen LogP contribution >= 0.6 is 0 Å². The zero-order valence-corrected chi connectivity index (χ0v) is 25.3. The van der Waals surface area contributed by atoms with Gasteiger partial charge in [-0.3, -0.25) is 14.4 Å². The molecular formula is C33H45N3O5. The van der Waals surface area contributed by atoms with Gasteiger partial charge in [-0.15, -0.1) is 0 Å². The minimum absolute atomic E-state index is 0.00632. The number of aliphatic hydroxyl groups excluding tert-OH is 1. The van der Waals surface area contributed by atoms with Crippen LogP contribution in [0.1, 0.15) is 60.8 Å². The number of rotatable bonds is 7. The number of ether oxygens (including phenoxy) is 1. The quantitative estimate of drug-likeness (QED) is 0.401. The van der Waals surface area contributed by atoms with E-state index in [-0.39, 0.29) is 29.7 Å². The monoisotopic (exact) mass is 563 g/mol. The van der Waals surface area contributed by atoms with Gasteiger partial charge in [0, 0.05) is 37.5 Å². The van der Waals surface area contributed by atoms with Crippen molar-refractivity contribution >= 4 is 23.4 Å². The van der Waals surface area contributed by atoms with E-state index < -0.39 is 34.6 Å². The van der Waals surface area contributed by atoms with Crippen LogP contribution in [0, 0.1) is 17.3 Å². The first kappa shape index (κ1) is 29.5. The Kier molecular flexibility index (Phi) is 7.48. The highest BCUT2D eigenvalue weighted by molar-refractivity contribution is 6.04. The van der Waals surface area contributed by atoms with E-state index >= 15 is 0 Å². The molecule has 2 saturated heterocycles. The fraction of sp³-hybridized carbons (Fsp3) is 0.606. The normalized spacial score (nSPS) is 31.7. The van der Waals surface area contributed by atoms with Gasteiger partial charge in [0.25, 0.3) is 0 Å². The third-order valence-electron chi connectivity index (χ3n) is 9.13. The second-order valence-electron chi connectivity index (χ2n) is 14.0. The second kappa shape index (κ2) is 10.4. The third-order valence-corrected chi connectivity index (χ3v) is 9.13. The summed E-state index contributed by atoms with van der Waals surface area (Å²) in [5, 5.41) is 9.47. The fourth-order valence-corrected chi connectivity index (χ4v) is 7.93. The van der Waals surface area contributed by atoms with Crippen LogP contribution in [0.4, 0.5) is 5.69 Å². The number of likely N-dealkylation sites (tertiary alicyclic amines) is 1. The van der Waals surface area contributed by atoms with Crippen molar-refractivity contribution in [3.8, 4) is 0 Å². The molecule has 1 aromatic carbocycles. The summed E-state index contributed by atoms with van der Waals surface area (Å²) in [6.07, 6.45) is 9.55. The molecule has 1 N–H and O–H groups in total. The number of benzene rings is 1. The molecule has 1 aromatic rings. The van der Waals surface area contributed by atoms with E-state index in [1.165, 1.54) is 0 Å². The highest BCUT2D eigenvalue weighted by Gasteiger charge is 2.75. The molecule has 1 spiro atoms. The number of anilines is 1. The standard InChI is InChI=1S/C33H45N3O5/c1-30(2,3)22-31(4,5)36-20-13-17-33-25(28(39)35(18-10-11-21-37)26(33)29(36)40)24-27(38)34(23-14-8-7-9-15-23)19-12-16-32(24,6)41-33/h7-9,12-17,24-26,37H,10-11,18-22H2,1-6H3/t24-,25+,26?,32+,33+/m1/s1. The number of aliphatic hydroxyl groups is 1. The average molecular weight is 564 g/mol. The predicted octanol–water partition coefficient (Wildman–Crippen LogP) is 3.95. The summed E-state index contributed by atoms with van der Waals surface area (Å²) < 4.78 is 6.94. The van der Waals surface area contributed by atoms with Crippen LogP contribution in [-0.2, 0) is 19.1 Å². The van der Waals surface area contributed by atoms with Gasteiger partial charge in [0.1, 0.15) is 11.6 Å². The van der Waals surface area contributed by atoms with Crippen molar-refractivity contribution in [2.75, 3.05) is 31.1 Å². The topological polar surface area (TPSA) is 90.4 Å². The number of hydrogen-bond acceptors (Lipinski definition) is 5. The smallest absolute Gasteiger partial charge is 0.249 e. The molecule has 41 heavy (non-hydrogen) atoms. The number of nitrogens with zero attached hydrogens (tertiary/aromatic N) is 3. The summed E-state index contributed by atoms with van der Waals surface area (Å²) in [5.74, 6) is -2.21. The largest absolute Gasteiger partial charge is 0.396 e. The van der Waals surface area contributed by atoms with Crippen LogP contribution in [-0.4, -0.2) is 81.7 Å². The molecule has 5 atom stereocenters. The third kappa shape index (κ3) is 4.93. The molecular weight excluding hydrogens is 518 g/mol. The summed E-state index contributed by atoms with van der Waals surface area (Å²) in [6, 6.07) is 8.58. The van der Waals surface area contributed by atoms with Gasteiger partial charge in [-0.1, -0.05) is 63.3 Å². The highest BCUT2D eigenvalue weighted by Crippen LogP contribution is 2.58. The van der Waals surface area contributed by atoms with Crippen LogP contribution in [0.25, 0.3) is 0 Å². The highest BCUT2D eigenvalue weighted by atomic mass is 16.5. The van der Waals surface area contributed by atoms with Gasteiger partial charge in [-0.2, -0.15) is 0 Å². The SMILES string of the molecule is CC(C)(C)CC(C)(C)N1CC=C[C@]23O[C@@]4(C)C=CCN(c5ccccc5)C(=O)[C@H]4[C@H]2C(=O)N(CCCCO)C3C1=O. The number of carbonyl (C=O) groups is 3. The van der Waals surface area contributed by atoms with E-state index in [2.05, 4.69) is 34.6 Å². The molecule has 4 heterocycles. The second-order valence-corrected chi connectivity index (χ2v) is 14.0. The van der Waals surface area contributed by atoms with E-state index in [9.17, 15) is 19.5 Å². The Hall–Kier alpha value is -2.97. The van der Waals surface area contributed by atoms with Gasteiger partial charge in [0.05, 0.1) is 17.4 Å². The fourth-order valence-electron chi connectivity index (χ4n) is 7.93. The maximum absolute atomic E-state index is 14.7. The molecule has 5 rings (SSSR count). The van der Waals surface area contributed by atoms with Crippen LogP contribution in [0.5, 0.6) is 0 Å². The Balaban J connectivity index is 1.61. The molecule has 222 valence electrons. The number of unbranched alkanes of at least 4 members (excludes halogenated alkanes) is 1. The van der Waals surface area contributed by atoms with Crippen molar-refractivity contribution in [1.82, 2.24) is 9.80 Å². The Labute approximate surface area is 244 Å². The van der Waals surface area contributed by atoms with Crippen molar-refractivity contribution in [1.29, 1.82) is 0 Å². The summed E-state index contributed by atoms with van der Waals surface area (Å²) in [6.45, 7) is 13.6. The first-order chi connectivity index (χ1) is 19.3. The lowest BCUT2D eigenvalue weighted by molar-refractivity contribution is -0.155. The Bertz CT molecular complexity index is 1250. The maximum Gasteiger partial charge on any atom is 0.249 e. The van der Waals surface area contributed by atoms with Crippen LogP contribution in [0.2, 0.25) is 0 Å². The van der Waals surface area contributed by atoms with Crippen molar-refractivity contribution < 1.29 is 24.2 Å². The van der Waals surface area contributed by atoms with Crippen LogP contribution in [0.3, 0.4) is 0 Å². The van der Waals surface area contributed by atoms with E-state index in [1.807, 2.05) is 66.5 Å². The minimum atomic E-state index is -1.28. The van der Waals surface area contributed by atoms with Crippen molar-refractivity contribution in [3.63, 3.8) is 0 Å². The Morgan fingerprint density at radius 3 is 2.24 bits per heavy atom. The van der Waals surface area contributed by atoms with Gasteiger partial charge in [-0.05, 0) is 57.6 Å². The molecule has 0 bridgehead atoms. The zero-order valence-electron chi connectivity index (χ0n) is 25.3. The summed E-state index contributed by atoms with van der Waals surface area (Å²) in [7, 11) is 0. The van der Waals surface area contributed by atoms with Gasteiger partial charge in [0.15, 0.2) is 0 Å². The number of hydrogen-bond donors (Lipinski definition) is 1. The van der Waals surface area contributed by atoms with Crippen molar-refractivity contribution in [2.45, 2.75) is 83.6 Å². The maximum atomic E-state index is 14.7. The average Bonchev–Trinajstić information content (AvgIpc) is 3.14. The van der Waals surface area contributed by atoms with Crippen LogP contribution in [0.15, 0.2) is 54.6 Å². The summed E-state index contributed by atoms with van der Waals surface area (Å²) in [4.78, 5) is 48.8. The first-order valence-corrected chi connectivity index (χ1v) is 14.9. The molecule has 4 aliphatic rings. The molecule has 4 aliphatic heterocycles. The Morgan fingerprint density at radius 2 is 1.59 bits per heavy atom. The number of carbonyl (C=O) groups excluding carboxylic acids is 3. The first-order valence-electron chi connectivity index (χ1n) is 14.9. The van der Waals surface area contributed by atoms with Gasteiger partial charge in [-0.25, -0.2) is 0 Å². The lowest BCUT2D eigenvalue weighted by atomic mass is 9.74. The van der Waals surface area contributed by atoms with Gasteiger partial charge >= 0.3 is 0 Å². The Morgan fingerprint density at radius 1 is 0.902 bits per heavy atom. The van der Waals surface area contributed by atoms with Gasteiger partial charge in [0.2, 0.25) is 17.7 Å². The molecule has 8 heteroatoms. The zero-order chi connectivity index (χ0) is 29.8. The minimum Gasteiger partial charge on any atom is -0.396 e. The molecule has 0 aliphatic carbocycles. The van der Waals surface area contributed by atoms with Crippen molar-refractivity contribution in [2.24, 2.45) is 17.3 Å². The van der Waals surface area contributed by atoms with E-state index in [4.69, 9.17) is 4.74 Å². The number of fused-ring (bicyclic) bond motifs is 2. The van der Waals surface area contributed by atoms with Crippen LogP contribution < -0.4 is 4.90 Å². The number of amides is 3. The molecule has 8 nitrogen and oxygen atoms in total. The lowest BCUT2D eigenvalue weighted by Crippen LogP contribution is -2.60. The molecule has 0 saturated carbocycles. The molecule has 0 aromatic heterocycles. The predicted molar refractivity (Wildman–Crippen MR) is 158 cm³/mol. The van der Waals surface area contributed by atoms with Crippen molar-refractivity contribution in [3.05, 3.63) is 54.6 Å². The molecule has 1 unspecified atom stereocenters. The van der Waals surface area contributed by atoms with Gasteiger partial charge < -0.3 is 24.5 Å².